The Balaban J connectivity index is 3.08. The molecule has 0 aliphatic heterocycles. The lowest BCUT2D eigenvalue weighted by atomic mass is 10.2. The second-order valence-corrected chi connectivity index (χ2v) is 3.83. The zero-order valence-corrected chi connectivity index (χ0v) is 11.3. The summed E-state index contributed by atoms with van der Waals surface area (Å²) in [6.07, 6.45) is 0. The Hall–Kier alpha value is -0.770. The Bertz CT molecular complexity index is 335. The van der Waals surface area contributed by atoms with E-state index in [-0.39, 0.29) is 0 Å². The summed E-state index contributed by atoms with van der Waals surface area (Å²) in [4.78, 5) is 0. The predicted molar refractivity (Wildman–Crippen MR) is 68.4 cm³/mol. The quantitative estimate of drug-likeness (QED) is 0.553. The van der Waals surface area contributed by atoms with E-state index in [1.807, 2.05) is 45.0 Å². The molecule has 0 fully saturated rings. The van der Waals surface area contributed by atoms with Crippen LogP contribution in [0.2, 0.25) is 0 Å². The molecule has 0 heterocycles. The molecule has 96 valence electrons. The summed E-state index contributed by atoms with van der Waals surface area (Å²) >= 11 is 6.38. The molecule has 0 amide bonds. The molecule has 0 saturated carbocycles. The topological polar surface area (TPSA) is 27.7 Å². The first-order valence-corrected chi connectivity index (χ1v) is 6.24. The van der Waals surface area contributed by atoms with Gasteiger partial charge in [0.05, 0.1) is 12.2 Å². The summed E-state index contributed by atoms with van der Waals surface area (Å²) in [5.41, 5.74) is 0.701. The van der Waals surface area contributed by atoms with Gasteiger partial charge in [0.15, 0.2) is 0 Å². The van der Waals surface area contributed by atoms with Crippen LogP contribution in [-0.2, 0) is 14.7 Å². The van der Waals surface area contributed by atoms with Crippen LogP contribution >= 0.6 is 11.6 Å². The van der Waals surface area contributed by atoms with E-state index >= 15 is 0 Å². The first-order valence-electron chi connectivity index (χ1n) is 5.87. The van der Waals surface area contributed by atoms with E-state index in [0.29, 0.717) is 31.1 Å². The molecule has 1 rings (SSSR count). The summed E-state index contributed by atoms with van der Waals surface area (Å²) < 4.78 is 16.5. The maximum absolute atomic E-state index is 6.38. The Morgan fingerprint density at radius 1 is 1.00 bits per heavy atom. The minimum absolute atomic E-state index is 0.462. The van der Waals surface area contributed by atoms with Crippen molar-refractivity contribution >= 4 is 11.6 Å². The fourth-order valence-electron chi connectivity index (χ4n) is 1.56. The molecule has 0 aliphatic rings. The van der Waals surface area contributed by atoms with Gasteiger partial charge in [-0.3, -0.25) is 0 Å². The van der Waals surface area contributed by atoms with Crippen LogP contribution in [0.15, 0.2) is 24.3 Å². The molecule has 0 aromatic heterocycles. The van der Waals surface area contributed by atoms with E-state index < -0.39 is 5.25 Å². The van der Waals surface area contributed by atoms with Crippen LogP contribution < -0.4 is 4.74 Å². The first-order chi connectivity index (χ1) is 8.18. The lowest BCUT2D eigenvalue weighted by molar-refractivity contribution is -0.180. The van der Waals surface area contributed by atoms with Crippen molar-refractivity contribution in [3.8, 4) is 5.75 Å². The predicted octanol–water partition coefficient (Wildman–Crippen LogP) is 3.51. The third kappa shape index (κ3) is 3.60. The normalized spacial score (nSPS) is 11.5. The highest BCUT2D eigenvalue weighted by Crippen LogP contribution is 2.37. The van der Waals surface area contributed by atoms with Crippen LogP contribution in [0, 0.1) is 0 Å². The molecular weight excluding hydrogens is 240 g/mol. The standard InChI is InChI=1S/C13H19ClO3/c1-4-15-12-10-8-7-9-11(12)13(14,16-5-2)17-6-3/h7-10H,4-6H2,1-3H3. The minimum atomic E-state index is -1.27. The van der Waals surface area contributed by atoms with E-state index in [9.17, 15) is 0 Å². The summed E-state index contributed by atoms with van der Waals surface area (Å²) in [7, 11) is 0. The Morgan fingerprint density at radius 2 is 1.59 bits per heavy atom. The number of benzene rings is 1. The highest BCUT2D eigenvalue weighted by molar-refractivity contribution is 6.22. The first kappa shape index (κ1) is 14.3. The van der Waals surface area contributed by atoms with Crippen molar-refractivity contribution in [2.45, 2.75) is 26.0 Å². The van der Waals surface area contributed by atoms with Gasteiger partial charge < -0.3 is 14.2 Å². The van der Waals surface area contributed by atoms with Crippen LogP contribution in [0.3, 0.4) is 0 Å². The van der Waals surface area contributed by atoms with Crippen molar-refractivity contribution in [3.05, 3.63) is 29.8 Å². The second kappa shape index (κ2) is 6.84. The van der Waals surface area contributed by atoms with Crippen molar-refractivity contribution in [1.82, 2.24) is 0 Å². The average Bonchev–Trinajstić information content (AvgIpc) is 2.31. The van der Waals surface area contributed by atoms with Gasteiger partial charge in [0, 0.05) is 13.2 Å². The lowest BCUT2D eigenvalue weighted by Crippen LogP contribution is -2.27. The van der Waals surface area contributed by atoms with Gasteiger partial charge in [-0.15, -0.1) is 0 Å². The molecule has 0 atom stereocenters. The van der Waals surface area contributed by atoms with Gasteiger partial charge in [-0.1, -0.05) is 23.7 Å². The highest BCUT2D eigenvalue weighted by atomic mass is 35.5. The van der Waals surface area contributed by atoms with Gasteiger partial charge in [0.2, 0.25) is 0 Å². The van der Waals surface area contributed by atoms with E-state index in [1.54, 1.807) is 0 Å². The molecule has 17 heavy (non-hydrogen) atoms. The zero-order chi connectivity index (χ0) is 12.7. The number of hydrogen-bond donors (Lipinski definition) is 0. The largest absolute Gasteiger partial charge is 0.493 e. The molecule has 1 aromatic rings. The fraction of sp³-hybridized carbons (Fsp3) is 0.538. The molecular formula is C13H19ClO3. The Kier molecular flexibility index (Phi) is 5.75. The van der Waals surface area contributed by atoms with E-state index in [2.05, 4.69) is 0 Å². The van der Waals surface area contributed by atoms with Gasteiger partial charge in [0.25, 0.3) is 5.25 Å². The van der Waals surface area contributed by atoms with Gasteiger partial charge in [-0.2, -0.15) is 0 Å². The maximum atomic E-state index is 6.38. The van der Waals surface area contributed by atoms with Gasteiger partial charge in [0.1, 0.15) is 5.75 Å². The fourth-order valence-corrected chi connectivity index (χ4v) is 1.94. The number of ether oxygens (including phenoxy) is 3. The summed E-state index contributed by atoms with van der Waals surface area (Å²) in [6, 6.07) is 7.48. The molecule has 1 aromatic carbocycles. The molecule has 0 N–H and O–H groups in total. The molecule has 0 aliphatic carbocycles. The van der Waals surface area contributed by atoms with Gasteiger partial charge >= 0.3 is 0 Å². The number of para-hydroxylation sites is 1. The van der Waals surface area contributed by atoms with Crippen LogP contribution in [0.1, 0.15) is 26.3 Å². The van der Waals surface area contributed by atoms with E-state index in [1.165, 1.54) is 0 Å². The number of halogens is 1. The van der Waals surface area contributed by atoms with Crippen molar-refractivity contribution in [2.24, 2.45) is 0 Å². The maximum Gasteiger partial charge on any atom is 0.280 e. The lowest BCUT2D eigenvalue weighted by Gasteiger charge is -2.28. The van der Waals surface area contributed by atoms with Gasteiger partial charge in [-0.25, -0.2) is 0 Å². The number of alkyl halides is 1. The summed E-state index contributed by atoms with van der Waals surface area (Å²) in [6.45, 7) is 7.17. The van der Waals surface area contributed by atoms with Crippen molar-refractivity contribution in [3.63, 3.8) is 0 Å². The molecule has 0 saturated heterocycles. The monoisotopic (exact) mass is 258 g/mol. The van der Waals surface area contributed by atoms with Crippen LogP contribution in [0.25, 0.3) is 0 Å². The SMILES string of the molecule is CCOc1ccccc1C(Cl)(OCC)OCC. The minimum Gasteiger partial charge on any atom is -0.493 e. The zero-order valence-electron chi connectivity index (χ0n) is 10.5. The summed E-state index contributed by atoms with van der Waals surface area (Å²) in [5.74, 6) is 0.687. The molecule has 0 bridgehead atoms. The van der Waals surface area contributed by atoms with E-state index in [0.717, 1.165) is 0 Å². The molecule has 0 unspecified atom stereocenters. The van der Waals surface area contributed by atoms with Crippen LogP contribution in [-0.4, -0.2) is 19.8 Å². The third-order valence-corrected chi connectivity index (χ3v) is 2.59. The highest BCUT2D eigenvalue weighted by Gasteiger charge is 2.34. The van der Waals surface area contributed by atoms with Crippen molar-refractivity contribution < 1.29 is 14.2 Å². The molecule has 0 radical (unpaired) electrons. The number of hydrogen-bond acceptors (Lipinski definition) is 3. The second-order valence-electron chi connectivity index (χ2n) is 3.33. The van der Waals surface area contributed by atoms with Gasteiger partial charge in [-0.05, 0) is 32.9 Å². The van der Waals surface area contributed by atoms with Crippen LogP contribution in [0.4, 0.5) is 0 Å². The average molecular weight is 259 g/mol. The molecule has 0 spiro atoms. The van der Waals surface area contributed by atoms with E-state index in [4.69, 9.17) is 25.8 Å². The van der Waals surface area contributed by atoms with Crippen LogP contribution in [0.5, 0.6) is 5.75 Å². The summed E-state index contributed by atoms with van der Waals surface area (Å²) in [5, 5.41) is -1.27. The third-order valence-electron chi connectivity index (χ3n) is 2.17. The Labute approximate surface area is 108 Å². The number of rotatable bonds is 7. The smallest absolute Gasteiger partial charge is 0.280 e. The van der Waals surface area contributed by atoms with Crippen molar-refractivity contribution in [2.75, 3.05) is 19.8 Å². The Morgan fingerprint density at radius 3 is 2.12 bits per heavy atom. The molecule has 4 heteroatoms. The molecule has 3 nitrogen and oxygen atoms in total. The van der Waals surface area contributed by atoms with Crippen molar-refractivity contribution in [1.29, 1.82) is 0 Å².